The molecule has 0 atom stereocenters. The molecule has 3 aromatic rings. The molecular formula is C21H22N4O4S. The standard InChI is InChI=1S/C21H22N4O4S/c1-13(2)29-20(27)15-5-4-6-16(11-15)22-18(26)12-30-21-23-19(24-25-21)14-7-9-17(28-3)10-8-14/h4-11,13H,12H2,1-3H3,(H,22,26)(H,23,24,25). The van der Waals surface area contributed by atoms with Crippen LogP contribution in [-0.2, 0) is 9.53 Å². The second kappa shape index (κ2) is 9.93. The number of nitrogens with zero attached hydrogens (tertiary/aromatic N) is 2. The summed E-state index contributed by atoms with van der Waals surface area (Å²) in [7, 11) is 1.61. The number of hydrogen-bond acceptors (Lipinski definition) is 7. The SMILES string of the molecule is COc1ccc(-c2nc(SCC(=O)Nc3cccc(C(=O)OC(C)C)c3)n[nH]2)cc1. The summed E-state index contributed by atoms with van der Waals surface area (Å²) in [4.78, 5) is 28.7. The smallest absolute Gasteiger partial charge is 0.338 e. The van der Waals surface area contributed by atoms with Gasteiger partial charge < -0.3 is 14.8 Å². The van der Waals surface area contributed by atoms with Crippen LogP contribution in [-0.4, -0.2) is 46.0 Å². The predicted octanol–water partition coefficient (Wildman–Crippen LogP) is 3.78. The quantitative estimate of drug-likeness (QED) is 0.417. The van der Waals surface area contributed by atoms with Crippen molar-refractivity contribution in [3.05, 3.63) is 54.1 Å². The lowest BCUT2D eigenvalue weighted by atomic mass is 10.2. The topological polar surface area (TPSA) is 106 Å². The van der Waals surface area contributed by atoms with Crippen LogP contribution < -0.4 is 10.1 Å². The number of benzene rings is 2. The molecule has 1 aromatic heterocycles. The number of H-pyrrole nitrogens is 1. The number of nitrogens with one attached hydrogen (secondary N) is 2. The number of rotatable bonds is 8. The first kappa shape index (κ1) is 21.4. The Labute approximate surface area is 178 Å². The van der Waals surface area contributed by atoms with Crippen LogP contribution in [0.1, 0.15) is 24.2 Å². The van der Waals surface area contributed by atoms with Crippen molar-refractivity contribution in [2.45, 2.75) is 25.1 Å². The van der Waals surface area contributed by atoms with Crippen LogP contribution in [0.15, 0.2) is 53.7 Å². The summed E-state index contributed by atoms with van der Waals surface area (Å²) in [5.74, 6) is 0.830. The van der Waals surface area contributed by atoms with Gasteiger partial charge in [0.25, 0.3) is 0 Å². The van der Waals surface area contributed by atoms with Crippen molar-refractivity contribution in [1.82, 2.24) is 15.2 Å². The van der Waals surface area contributed by atoms with Gasteiger partial charge in [-0.15, -0.1) is 5.10 Å². The second-order valence-corrected chi connectivity index (χ2v) is 7.51. The molecule has 9 heteroatoms. The van der Waals surface area contributed by atoms with Gasteiger partial charge in [0, 0.05) is 11.3 Å². The Morgan fingerprint density at radius 1 is 1.17 bits per heavy atom. The first-order valence-corrected chi connectivity index (χ1v) is 10.2. The molecule has 1 heterocycles. The van der Waals surface area contributed by atoms with Gasteiger partial charge in [0.2, 0.25) is 11.1 Å². The summed E-state index contributed by atoms with van der Waals surface area (Å²) in [6.07, 6.45) is -0.212. The highest BCUT2D eigenvalue weighted by molar-refractivity contribution is 7.99. The molecule has 30 heavy (non-hydrogen) atoms. The lowest BCUT2D eigenvalue weighted by Gasteiger charge is -2.09. The number of thioether (sulfide) groups is 1. The van der Waals surface area contributed by atoms with E-state index in [0.29, 0.717) is 22.2 Å². The molecule has 0 saturated carbocycles. The third kappa shape index (κ3) is 5.84. The highest BCUT2D eigenvalue weighted by Gasteiger charge is 2.12. The summed E-state index contributed by atoms with van der Waals surface area (Å²) in [6.45, 7) is 3.56. The van der Waals surface area contributed by atoms with Gasteiger partial charge >= 0.3 is 5.97 Å². The maximum Gasteiger partial charge on any atom is 0.338 e. The maximum atomic E-state index is 12.3. The number of anilines is 1. The van der Waals surface area contributed by atoms with Crippen molar-refractivity contribution >= 4 is 29.3 Å². The molecule has 0 unspecified atom stereocenters. The molecule has 3 rings (SSSR count). The van der Waals surface area contributed by atoms with Crippen LogP contribution in [0.25, 0.3) is 11.4 Å². The molecule has 2 aromatic carbocycles. The van der Waals surface area contributed by atoms with Crippen LogP contribution in [0.4, 0.5) is 5.69 Å². The fraction of sp³-hybridized carbons (Fsp3) is 0.238. The van der Waals surface area contributed by atoms with Gasteiger partial charge in [-0.05, 0) is 56.3 Å². The van der Waals surface area contributed by atoms with Crippen LogP contribution in [0.5, 0.6) is 5.75 Å². The number of methoxy groups -OCH3 is 1. The minimum Gasteiger partial charge on any atom is -0.497 e. The zero-order valence-electron chi connectivity index (χ0n) is 16.8. The third-order valence-electron chi connectivity index (χ3n) is 3.89. The molecule has 8 nitrogen and oxygen atoms in total. The second-order valence-electron chi connectivity index (χ2n) is 6.57. The summed E-state index contributed by atoms with van der Waals surface area (Å²) < 4.78 is 10.3. The monoisotopic (exact) mass is 426 g/mol. The van der Waals surface area contributed by atoms with Crippen molar-refractivity contribution in [2.75, 3.05) is 18.2 Å². The van der Waals surface area contributed by atoms with Gasteiger partial charge in [-0.1, -0.05) is 17.8 Å². The summed E-state index contributed by atoms with van der Waals surface area (Å²) in [5, 5.41) is 10.2. The Hall–Kier alpha value is -3.33. The van der Waals surface area contributed by atoms with E-state index in [0.717, 1.165) is 11.3 Å². The van der Waals surface area contributed by atoms with E-state index in [1.165, 1.54) is 11.8 Å². The lowest BCUT2D eigenvalue weighted by Crippen LogP contribution is -2.15. The van der Waals surface area contributed by atoms with E-state index in [-0.39, 0.29) is 17.8 Å². The molecule has 0 aliphatic heterocycles. The van der Waals surface area contributed by atoms with Gasteiger partial charge in [0.15, 0.2) is 5.82 Å². The van der Waals surface area contributed by atoms with E-state index in [4.69, 9.17) is 9.47 Å². The van der Waals surface area contributed by atoms with Crippen molar-refractivity contribution < 1.29 is 19.1 Å². The molecule has 2 N–H and O–H groups in total. The molecule has 156 valence electrons. The van der Waals surface area contributed by atoms with Crippen LogP contribution in [0.2, 0.25) is 0 Å². The van der Waals surface area contributed by atoms with E-state index in [2.05, 4.69) is 20.5 Å². The Morgan fingerprint density at radius 3 is 2.63 bits per heavy atom. The van der Waals surface area contributed by atoms with E-state index < -0.39 is 5.97 Å². The van der Waals surface area contributed by atoms with Gasteiger partial charge in [-0.25, -0.2) is 9.78 Å². The average molecular weight is 426 g/mol. The molecule has 1 amide bonds. The Kier molecular flexibility index (Phi) is 7.08. The Morgan fingerprint density at radius 2 is 1.93 bits per heavy atom. The zero-order valence-corrected chi connectivity index (χ0v) is 17.7. The predicted molar refractivity (Wildman–Crippen MR) is 115 cm³/mol. The van der Waals surface area contributed by atoms with Crippen LogP contribution >= 0.6 is 11.8 Å². The summed E-state index contributed by atoms with van der Waals surface area (Å²) in [5.41, 5.74) is 1.77. The number of esters is 1. The van der Waals surface area contributed by atoms with Crippen molar-refractivity contribution in [3.63, 3.8) is 0 Å². The molecule has 0 radical (unpaired) electrons. The van der Waals surface area contributed by atoms with E-state index in [1.54, 1.807) is 45.2 Å². The van der Waals surface area contributed by atoms with Gasteiger partial charge in [-0.3, -0.25) is 9.89 Å². The average Bonchev–Trinajstić information content (AvgIpc) is 3.21. The normalized spacial score (nSPS) is 10.7. The number of ether oxygens (including phenoxy) is 2. The third-order valence-corrected chi connectivity index (χ3v) is 4.73. The number of amides is 1. The maximum absolute atomic E-state index is 12.3. The Bertz CT molecular complexity index is 1020. The zero-order chi connectivity index (χ0) is 21.5. The number of aromatic nitrogens is 3. The van der Waals surface area contributed by atoms with Gasteiger partial charge in [0.1, 0.15) is 5.75 Å². The van der Waals surface area contributed by atoms with E-state index >= 15 is 0 Å². The lowest BCUT2D eigenvalue weighted by molar-refractivity contribution is -0.113. The van der Waals surface area contributed by atoms with Crippen molar-refractivity contribution in [1.29, 1.82) is 0 Å². The number of aromatic amines is 1. The molecule has 0 fully saturated rings. The van der Waals surface area contributed by atoms with Crippen LogP contribution in [0.3, 0.4) is 0 Å². The molecule has 0 spiro atoms. The molecule has 0 saturated heterocycles. The fourth-order valence-electron chi connectivity index (χ4n) is 2.52. The van der Waals surface area contributed by atoms with E-state index in [1.807, 2.05) is 24.3 Å². The summed E-state index contributed by atoms with van der Waals surface area (Å²) >= 11 is 1.21. The first-order chi connectivity index (χ1) is 14.4. The molecule has 0 bridgehead atoms. The molecular weight excluding hydrogens is 404 g/mol. The first-order valence-electron chi connectivity index (χ1n) is 9.25. The van der Waals surface area contributed by atoms with Crippen molar-refractivity contribution in [2.24, 2.45) is 0 Å². The Balaban J connectivity index is 1.55. The van der Waals surface area contributed by atoms with Crippen molar-refractivity contribution in [3.8, 4) is 17.1 Å². The highest BCUT2D eigenvalue weighted by atomic mass is 32.2. The van der Waals surface area contributed by atoms with Crippen LogP contribution in [0, 0.1) is 0 Å². The number of carbonyl (C=O) groups excluding carboxylic acids is 2. The highest BCUT2D eigenvalue weighted by Crippen LogP contribution is 2.22. The van der Waals surface area contributed by atoms with Gasteiger partial charge in [-0.2, -0.15) is 0 Å². The minimum absolute atomic E-state index is 0.126. The van der Waals surface area contributed by atoms with Gasteiger partial charge in [0.05, 0.1) is 24.5 Å². The van der Waals surface area contributed by atoms with E-state index in [9.17, 15) is 9.59 Å². The summed E-state index contributed by atoms with van der Waals surface area (Å²) in [6, 6.07) is 14.0. The minimum atomic E-state index is -0.428. The fourth-order valence-corrected chi connectivity index (χ4v) is 3.12. The number of hydrogen-bond donors (Lipinski definition) is 2. The molecule has 0 aliphatic rings. The largest absolute Gasteiger partial charge is 0.497 e. The molecule has 0 aliphatic carbocycles. The number of carbonyl (C=O) groups is 2.